The minimum Gasteiger partial charge on any atom is -0.390 e. The Bertz CT molecular complexity index is 713. The second kappa shape index (κ2) is 6.99. The Kier molecular flexibility index (Phi) is 4.97. The van der Waals surface area contributed by atoms with E-state index in [-0.39, 0.29) is 11.3 Å². The maximum absolute atomic E-state index is 15.7. The number of fused-ring (bicyclic) bond motifs is 5. The number of alkyl halides is 2. The lowest BCUT2D eigenvalue weighted by atomic mass is 9.46. The van der Waals surface area contributed by atoms with E-state index in [4.69, 9.17) is 9.47 Å². The fourth-order valence-electron chi connectivity index (χ4n) is 8.12. The van der Waals surface area contributed by atoms with Gasteiger partial charge in [0.2, 0.25) is 0 Å². The van der Waals surface area contributed by atoms with Gasteiger partial charge in [-0.15, -0.1) is 0 Å². The molecule has 0 radical (unpaired) electrons. The van der Waals surface area contributed by atoms with Gasteiger partial charge in [-0.1, -0.05) is 19.9 Å². The molecule has 0 bridgehead atoms. The molecule has 170 valence electrons. The zero-order chi connectivity index (χ0) is 21.4. The Morgan fingerprint density at radius 2 is 1.77 bits per heavy atom. The standard InChI is InChI=1S/C25H38F2O3/c1-22-12-11-20(30-21-6-4-5-15-29-21)25(26,27)19(22)8-7-16-17(22)9-13-23(2)18(16)10-14-24(23,3)28/h8,16-18,20-21,28H,4-7,9-15H2,1-3H3/t16-,17-,18+,20?,21?,22-,23+,24?/m1/s1. The van der Waals surface area contributed by atoms with Gasteiger partial charge in [-0.3, -0.25) is 0 Å². The Morgan fingerprint density at radius 3 is 2.50 bits per heavy atom. The van der Waals surface area contributed by atoms with E-state index in [9.17, 15) is 5.11 Å². The van der Waals surface area contributed by atoms with Crippen LogP contribution < -0.4 is 0 Å². The average Bonchev–Trinajstić information content (AvgIpc) is 2.94. The topological polar surface area (TPSA) is 38.7 Å². The third-order valence-corrected chi connectivity index (χ3v) is 10.2. The molecule has 3 unspecified atom stereocenters. The molecular weight excluding hydrogens is 386 g/mol. The molecule has 0 spiro atoms. The van der Waals surface area contributed by atoms with Gasteiger partial charge in [0.25, 0.3) is 5.92 Å². The van der Waals surface area contributed by atoms with E-state index in [0.29, 0.717) is 43.3 Å². The van der Waals surface area contributed by atoms with Crippen LogP contribution in [0.3, 0.4) is 0 Å². The highest BCUT2D eigenvalue weighted by Gasteiger charge is 2.65. The van der Waals surface area contributed by atoms with Gasteiger partial charge in [-0.25, -0.2) is 0 Å². The Labute approximate surface area is 179 Å². The molecule has 5 heteroatoms. The van der Waals surface area contributed by atoms with Gasteiger partial charge < -0.3 is 14.6 Å². The fraction of sp³-hybridized carbons (Fsp3) is 0.920. The van der Waals surface area contributed by atoms with Crippen LogP contribution in [0.2, 0.25) is 0 Å². The van der Waals surface area contributed by atoms with Crippen molar-refractivity contribution in [3.63, 3.8) is 0 Å². The quantitative estimate of drug-likeness (QED) is 0.565. The lowest BCUT2D eigenvalue weighted by molar-refractivity contribution is -0.246. The summed E-state index contributed by atoms with van der Waals surface area (Å²) in [4.78, 5) is 0. The highest BCUT2D eigenvalue weighted by atomic mass is 19.3. The SMILES string of the molecule is CC1(O)CC[C@H]2[C@@H]3CC=C4C(F)(F)C(OC5CCCCO5)CC[C@]4(C)[C@@H]3CC[C@@]21C. The van der Waals surface area contributed by atoms with Gasteiger partial charge in [0, 0.05) is 12.2 Å². The molecule has 3 nitrogen and oxygen atoms in total. The molecule has 0 aromatic rings. The Morgan fingerprint density at radius 1 is 1.00 bits per heavy atom. The largest absolute Gasteiger partial charge is 0.390 e. The van der Waals surface area contributed by atoms with Gasteiger partial charge in [0.15, 0.2) is 6.29 Å². The van der Waals surface area contributed by atoms with E-state index in [1.807, 2.05) is 13.0 Å². The monoisotopic (exact) mass is 424 g/mol. The number of hydrogen-bond donors (Lipinski definition) is 1. The predicted molar refractivity (Wildman–Crippen MR) is 111 cm³/mol. The second-order valence-corrected chi connectivity index (χ2v) is 11.5. The van der Waals surface area contributed by atoms with E-state index >= 15 is 8.78 Å². The molecule has 8 atom stereocenters. The second-order valence-electron chi connectivity index (χ2n) is 11.5. The molecule has 30 heavy (non-hydrogen) atoms. The maximum atomic E-state index is 15.7. The first-order valence-electron chi connectivity index (χ1n) is 12.2. The number of rotatable bonds is 2. The van der Waals surface area contributed by atoms with Crippen molar-refractivity contribution < 1.29 is 23.4 Å². The third kappa shape index (κ3) is 2.90. The first-order chi connectivity index (χ1) is 14.1. The summed E-state index contributed by atoms with van der Waals surface area (Å²) in [6.45, 7) is 6.93. The van der Waals surface area contributed by atoms with E-state index in [2.05, 4.69) is 13.8 Å². The molecule has 1 N–H and O–H groups in total. The zero-order valence-electron chi connectivity index (χ0n) is 18.8. The van der Waals surface area contributed by atoms with E-state index in [0.717, 1.165) is 44.9 Å². The predicted octanol–water partition coefficient (Wildman–Crippen LogP) is 5.86. The molecule has 0 aromatic heterocycles. The molecule has 4 fully saturated rings. The van der Waals surface area contributed by atoms with E-state index in [1.54, 1.807) is 0 Å². The molecule has 4 aliphatic carbocycles. The van der Waals surface area contributed by atoms with Gasteiger partial charge in [-0.05, 0) is 99.7 Å². The maximum Gasteiger partial charge on any atom is 0.295 e. The van der Waals surface area contributed by atoms with Crippen molar-refractivity contribution in [3.05, 3.63) is 11.6 Å². The summed E-state index contributed by atoms with van der Waals surface area (Å²) >= 11 is 0. The van der Waals surface area contributed by atoms with Crippen molar-refractivity contribution in [1.29, 1.82) is 0 Å². The first-order valence-corrected chi connectivity index (χ1v) is 12.2. The zero-order valence-corrected chi connectivity index (χ0v) is 18.8. The van der Waals surface area contributed by atoms with Crippen LogP contribution >= 0.6 is 0 Å². The fourth-order valence-corrected chi connectivity index (χ4v) is 8.12. The number of aliphatic hydroxyl groups is 1. The van der Waals surface area contributed by atoms with Crippen LogP contribution in [0.5, 0.6) is 0 Å². The lowest BCUT2D eigenvalue weighted by Gasteiger charge is -2.59. The molecular formula is C25H38F2O3. The van der Waals surface area contributed by atoms with Crippen LogP contribution in [-0.4, -0.2) is 35.6 Å². The third-order valence-electron chi connectivity index (χ3n) is 10.2. The van der Waals surface area contributed by atoms with Crippen molar-refractivity contribution in [2.24, 2.45) is 28.6 Å². The van der Waals surface area contributed by atoms with Crippen molar-refractivity contribution in [1.82, 2.24) is 0 Å². The van der Waals surface area contributed by atoms with Crippen molar-refractivity contribution in [2.75, 3.05) is 6.61 Å². The molecule has 1 heterocycles. The van der Waals surface area contributed by atoms with Crippen LogP contribution in [0.4, 0.5) is 8.78 Å². The summed E-state index contributed by atoms with van der Waals surface area (Å²) in [5.41, 5.74) is -0.855. The van der Waals surface area contributed by atoms with Crippen LogP contribution in [-0.2, 0) is 9.47 Å². The summed E-state index contributed by atoms with van der Waals surface area (Å²) in [7, 11) is 0. The molecule has 5 rings (SSSR count). The average molecular weight is 425 g/mol. The smallest absolute Gasteiger partial charge is 0.295 e. The number of hydrogen-bond acceptors (Lipinski definition) is 3. The summed E-state index contributed by atoms with van der Waals surface area (Å²) < 4.78 is 42.9. The first kappa shape index (κ1) is 21.3. The van der Waals surface area contributed by atoms with Crippen LogP contribution in [0.1, 0.15) is 85.0 Å². The molecule has 5 aliphatic rings. The summed E-state index contributed by atoms with van der Waals surface area (Å²) in [5, 5.41) is 11.0. The molecule has 0 amide bonds. The van der Waals surface area contributed by atoms with E-state index in [1.165, 1.54) is 0 Å². The van der Waals surface area contributed by atoms with Crippen LogP contribution in [0, 0.1) is 28.6 Å². The van der Waals surface area contributed by atoms with Crippen LogP contribution in [0.25, 0.3) is 0 Å². The molecule has 3 saturated carbocycles. The van der Waals surface area contributed by atoms with Crippen molar-refractivity contribution >= 4 is 0 Å². The lowest BCUT2D eigenvalue weighted by Crippen LogP contribution is -2.58. The van der Waals surface area contributed by atoms with E-state index < -0.39 is 29.3 Å². The Balaban J connectivity index is 1.41. The van der Waals surface area contributed by atoms with Gasteiger partial charge in [0.05, 0.1) is 5.60 Å². The molecule has 1 saturated heterocycles. The van der Waals surface area contributed by atoms with Crippen molar-refractivity contribution in [2.45, 2.75) is 109 Å². The van der Waals surface area contributed by atoms with Gasteiger partial charge >= 0.3 is 0 Å². The normalized spacial score (nSPS) is 52.7. The summed E-state index contributed by atoms with van der Waals surface area (Å²) in [5.74, 6) is -1.82. The van der Waals surface area contributed by atoms with Crippen molar-refractivity contribution in [3.8, 4) is 0 Å². The highest BCUT2D eigenvalue weighted by molar-refractivity contribution is 5.32. The molecule has 0 aromatic carbocycles. The van der Waals surface area contributed by atoms with Gasteiger partial charge in [0.1, 0.15) is 6.10 Å². The van der Waals surface area contributed by atoms with Gasteiger partial charge in [-0.2, -0.15) is 8.78 Å². The summed E-state index contributed by atoms with van der Waals surface area (Å²) in [6, 6.07) is 0. The number of allylic oxidation sites excluding steroid dienone is 1. The highest BCUT2D eigenvalue weighted by Crippen LogP contribution is 2.68. The Hall–Kier alpha value is -0.520. The van der Waals surface area contributed by atoms with Crippen LogP contribution in [0.15, 0.2) is 11.6 Å². The summed E-state index contributed by atoms with van der Waals surface area (Å²) in [6.07, 6.45) is 8.60. The number of ether oxygens (including phenoxy) is 2. The minimum absolute atomic E-state index is 0.0863. The number of halogens is 2. The molecule has 1 aliphatic heterocycles. The minimum atomic E-state index is -2.93.